The van der Waals surface area contributed by atoms with Crippen LogP contribution in [0.4, 0.5) is 14.9 Å². The van der Waals surface area contributed by atoms with Gasteiger partial charge in [0.2, 0.25) is 0 Å². The van der Waals surface area contributed by atoms with Crippen LogP contribution in [0.2, 0.25) is 0 Å². The van der Waals surface area contributed by atoms with Gasteiger partial charge in [0.05, 0.1) is 24.0 Å². The number of nitrogens with one attached hydrogen (secondary N) is 1. The largest absolute Gasteiger partial charge is 0.379 e. The van der Waals surface area contributed by atoms with Crippen LogP contribution in [0.5, 0.6) is 0 Å². The van der Waals surface area contributed by atoms with Gasteiger partial charge in [-0.3, -0.25) is 0 Å². The third kappa shape index (κ3) is 3.37. The van der Waals surface area contributed by atoms with Crippen LogP contribution < -0.4 is 5.32 Å². The lowest BCUT2D eigenvalue weighted by Crippen LogP contribution is -2.76. The highest BCUT2D eigenvalue weighted by Crippen LogP contribution is 2.52. The number of aromatic nitrogens is 2. The molecule has 1 aromatic heterocycles. The van der Waals surface area contributed by atoms with E-state index in [1.165, 1.54) is 0 Å². The number of methoxy groups -OCH3 is 1. The zero-order valence-electron chi connectivity index (χ0n) is 17.3. The summed E-state index contributed by atoms with van der Waals surface area (Å²) in [4.78, 5) is 23.3. The second-order valence-corrected chi connectivity index (χ2v) is 8.44. The number of piperidine rings is 1. The third-order valence-electron chi connectivity index (χ3n) is 6.49. The zero-order valence-corrected chi connectivity index (χ0v) is 17.3. The van der Waals surface area contributed by atoms with Gasteiger partial charge in [-0.2, -0.15) is 0 Å². The van der Waals surface area contributed by atoms with E-state index in [0.29, 0.717) is 17.4 Å². The Hall–Kier alpha value is -2.54. The molecule has 4 atom stereocenters. The Labute approximate surface area is 170 Å². The summed E-state index contributed by atoms with van der Waals surface area (Å²) in [7, 11) is 1.71. The first kappa shape index (κ1) is 19.8. The fourth-order valence-electron chi connectivity index (χ4n) is 5.06. The van der Waals surface area contributed by atoms with Gasteiger partial charge >= 0.3 is 6.03 Å². The molecule has 1 aromatic carbocycles. The minimum Gasteiger partial charge on any atom is -0.379 e. The fraction of sp³-hybridized carbons (Fsp3) is 0.500. The maximum atomic E-state index is 13.2. The Morgan fingerprint density at radius 2 is 2.07 bits per heavy atom. The predicted octanol–water partition coefficient (Wildman–Crippen LogP) is 4.40. The van der Waals surface area contributed by atoms with Crippen molar-refractivity contribution in [1.29, 1.82) is 0 Å². The molecular formula is C22H27FN4O2. The summed E-state index contributed by atoms with van der Waals surface area (Å²) >= 11 is 0. The Bertz CT molecular complexity index is 920. The number of nitrogens with zero attached hydrogens (tertiary/aromatic N) is 3. The number of hydrogen-bond donors (Lipinski definition) is 1. The third-order valence-corrected chi connectivity index (χ3v) is 6.49. The van der Waals surface area contributed by atoms with Crippen LogP contribution in [0.1, 0.15) is 38.7 Å². The van der Waals surface area contributed by atoms with Crippen molar-refractivity contribution < 1.29 is 13.9 Å². The van der Waals surface area contributed by atoms with E-state index in [9.17, 15) is 9.18 Å². The summed E-state index contributed by atoms with van der Waals surface area (Å²) < 4.78 is 18.8. The zero-order chi connectivity index (χ0) is 20.8. The van der Waals surface area contributed by atoms with Crippen LogP contribution in [0, 0.1) is 18.7 Å². The van der Waals surface area contributed by atoms with E-state index in [0.717, 1.165) is 42.8 Å². The lowest BCUT2D eigenvalue weighted by atomic mass is 9.62. The van der Waals surface area contributed by atoms with Gasteiger partial charge in [0.1, 0.15) is 0 Å². The summed E-state index contributed by atoms with van der Waals surface area (Å²) in [6.45, 7) is 6.22. The van der Waals surface area contributed by atoms with Crippen LogP contribution in [-0.2, 0) is 4.74 Å². The SMILES string of the molecule is CO[C@@H](C)[C@]12C[C@H](C)C[C@H](C1)N2C(=O)Nc1ccc(C)c(-c2ncc(F)cn2)c1. The van der Waals surface area contributed by atoms with Crippen molar-refractivity contribution in [2.45, 2.75) is 57.7 Å². The van der Waals surface area contributed by atoms with Crippen LogP contribution in [0.15, 0.2) is 30.6 Å². The molecule has 2 aromatic rings. The highest BCUT2D eigenvalue weighted by molar-refractivity contribution is 5.92. The van der Waals surface area contributed by atoms with Crippen LogP contribution in [-0.4, -0.2) is 45.7 Å². The number of amides is 2. The monoisotopic (exact) mass is 398 g/mol. The van der Waals surface area contributed by atoms with Crippen molar-refractivity contribution in [3.05, 3.63) is 42.0 Å². The first-order valence-corrected chi connectivity index (χ1v) is 10.1. The molecule has 1 aliphatic carbocycles. The molecule has 29 heavy (non-hydrogen) atoms. The lowest BCUT2D eigenvalue weighted by Gasteiger charge is -2.65. The number of fused-ring (bicyclic) bond motifs is 2. The van der Waals surface area contributed by atoms with Crippen molar-refractivity contribution in [1.82, 2.24) is 14.9 Å². The van der Waals surface area contributed by atoms with Gasteiger partial charge in [0, 0.05) is 24.4 Å². The molecule has 2 heterocycles. The summed E-state index contributed by atoms with van der Waals surface area (Å²) in [6, 6.07) is 5.76. The molecule has 1 saturated heterocycles. The molecule has 0 radical (unpaired) electrons. The number of urea groups is 1. The number of rotatable bonds is 4. The normalized spacial score (nSPS) is 26.6. The number of benzene rings is 1. The van der Waals surface area contributed by atoms with E-state index in [4.69, 9.17) is 4.74 Å². The molecule has 0 unspecified atom stereocenters. The Kier molecular flexibility index (Phi) is 5.02. The van der Waals surface area contributed by atoms with E-state index in [-0.39, 0.29) is 23.7 Å². The molecule has 2 fully saturated rings. The van der Waals surface area contributed by atoms with Gasteiger partial charge in [-0.15, -0.1) is 0 Å². The molecule has 1 aliphatic heterocycles. The number of carbonyl (C=O) groups is 1. The molecule has 1 saturated carbocycles. The van der Waals surface area contributed by atoms with Gasteiger partial charge in [-0.1, -0.05) is 13.0 Å². The average Bonchev–Trinajstić information content (AvgIpc) is 2.68. The maximum Gasteiger partial charge on any atom is 0.322 e. The summed E-state index contributed by atoms with van der Waals surface area (Å²) in [5.74, 6) is 0.531. The molecule has 0 spiro atoms. The van der Waals surface area contributed by atoms with E-state index >= 15 is 0 Å². The highest BCUT2D eigenvalue weighted by Gasteiger charge is 2.61. The van der Waals surface area contributed by atoms with E-state index in [2.05, 4.69) is 22.2 Å². The second kappa shape index (κ2) is 7.37. The lowest BCUT2D eigenvalue weighted by molar-refractivity contribution is -0.155. The molecule has 6 nitrogen and oxygen atoms in total. The molecule has 2 aliphatic rings. The summed E-state index contributed by atoms with van der Waals surface area (Å²) in [5, 5.41) is 3.04. The molecule has 1 N–H and O–H groups in total. The Morgan fingerprint density at radius 3 is 2.76 bits per heavy atom. The molecule has 2 amide bonds. The van der Waals surface area contributed by atoms with Crippen molar-refractivity contribution in [2.24, 2.45) is 5.92 Å². The molecule has 4 rings (SSSR count). The summed E-state index contributed by atoms with van der Waals surface area (Å²) in [6.07, 6.45) is 5.23. The minimum absolute atomic E-state index is 0.0200. The Balaban J connectivity index is 1.57. The number of halogens is 1. The quantitative estimate of drug-likeness (QED) is 0.829. The van der Waals surface area contributed by atoms with Gasteiger partial charge in [-0.25, -0.2) is 19.2 Å². The number of hydrogen-bond acceptors (Lipinski definition) is 4. The van der Waals surface area contributed by atoms with Crippen LogP contribution in [0.25, 0.3) is 11.4 Å². The Morgan fingerprint density at radius 1 is 1.34 bits per heavy atom. The topological polar surface area (TPSA) is 67.3 Å². The molecule has 2 bridgehead atoms. The van der Waals surface area contributed by atoms with Crippen molar-refractivity contribution in [3.8, 4) is 11.4 Å². The predicted molar refractivity (Wildman–Crippen MR) is 109 cm³/mol. The number of likely N-dealkylation sites (tertiary alicyclic amines) is 1. The number of aryl methyl sites for hydroxylation is 1. The molecule has 154 valence electrons. The average molecular weight is 398 g/mol. The molecular weight excluding hydrogens is 371 g/mol. The van der Waals surface area contributed by atoms with Gasteiger partial charge in [-0.05, 0) is 56.7 Å². The first-order chi connectivity index (χ1) is 13.8. The van der Waals surface area contributed by atoms with E-state index < -0.39 is 5.82 Å². The second-order valence-electron chi connectivity index (χ2n) is 8.44. The van der Waals surface area contributed by atoms with Gasteiger partial charge in [0.25, 0.3) is 0 Å². The standard InChI is InChI=1S/C22H27FN4O2/c1-13-7-18-10-22(9-13,15(3)29-4)27(18)21(28)26-17-6-5-14(2)19(8-17)20-24-11-16(23)12-25-20/h5-6,8,11-13,15,18H,7,9-10H2,1-4H3,(H,26,28)/t13-,15+,18-,22+/m1/s1. The number of carbonyl (C=O) groups excluding carboxylic acids is 1. The van der Waals surface area contributed by atoms with Gasteiger partial charge < -0.3 is 15.0 Å². The number of anilines is 1. The first-order valence-electron chi connectivity index (χ1n) is 10.1. The van der Waals surface area contributed by atoms with E-state index in [1.54, 1.807) is 7.11 Å². The summed E-state index contributed by atoms with van der Waals surface area (Å²) in [5.41, 5.74) is 2.14. The van der Waals surface area contributed by atoms with Crippen molar-refractivity contribution in [3.63, 3.8) is 0 Å². The van der Waals surface area contributed by atoms with Crippen LogP contribution in [0.3, 0.4) is 0 Å². The highest BCUT2D eigenvalue weighted by atomic mass is 19.1. The van der Waals surface area contributed by atoms with Crippen molar-refractivity contribution in [2.75, 3.05) is 12.4 Å². The minimum atomic E-state index is -0.480. The van der Waals surface area contributed by atoms with Crippen molar-refractivity contribution >= 4 is 11.7 Å². The van der Waals surface area contributed by atoms with E-state index in [1.807, 2.05) is 36.9 Å². The number of ether oxygens (including phenoxy) is 1. The fourth-order valence-corrected chi connectivity index (χ4v) is 5.06. The molecule has 7 heteroatoms. The van der Waals surface area contributed by atoms with Crippen LogP contribution >= 0.6 is 0 Å². The maximum absolute atomic E-state index is 13.2. The smallest absolute Gasteiger partial charge is 0.322 e. The van der Waals surface area contributed by atoms with Gasteiger partial charge in [0.15, 0.2) is 11.6 Å².